The smallest absolute Gasteiger partial charge is 0.427 e. The maximum Gasteiger partial charge on any atom is 0.461 e. The predicted octanol–water partition coefficient (Wildman–Crippen LogP) is 3.26. The molecule has 0 saturated carbocycles. The zero-order valence-electron chi connectivity index (χ0n) is 10.7. The molecular formula is C12H27BO2S. The van der Waals surface area contributed by atoms with Crippen molar-refractivity contribution in [1.29, 1.82) is 0 Å². The fraction of sp³-hybridized carbons (Fsp3) is 1.00. The second kappa shape index (κ2) is 13.4. The van der Waals surface area contributed by atoms with Gasteiger partial charge in [0.25, 0.3) is 0 Å². The zero-order chi connectivity index (χ0) is 12.1. The third kappa shape index (κ3) is 14.3. The van der Waals surface area contributed by atoms with E-state index in [4.69, 9.17) is 10.0 Å². The van der Waals surface area contributed by atoms with Crippen molar-refractivity contribution in [2.45, 2.75) is 64.7 Å². The summed E-state index contributed by atoms with van der Waals surface area (Å²) in [5.41, 5.74) is 0.455. The summed E-state index contributed by atoms with van der Waals surface area (Å²) < 4.78 is 0. The van der Waals surface area contributed by atoms with Gasteiger partial charge in [0.05, 0.1) is 0 Å². The summed E-state index contributed by atoms with van der Waals surface area (Å²) in [7, 11) is -1.14. The van der Waals surface area contributed by atoms with E-state index in [-0.39, 0.29) is 0 Å². The first-order valence-electron chi connectivity index (χ1n) is 6.71. The molecular weight excluding hydrogens is 219 g/mol. The highest BCUT2D eigenvalue weighted by Gasteiger charge is 2.04. The summed E-state index contributed by atoms with van der Waals surface area (Å²) in [6.45, 7) is 2.25. The normalized spacial score (nSPS) is 10.7. The first-order valence-corrected chi connectivity index (χ1v) is 7.86. The fourth-order valence-corrected chi connectivity index (χ4v) is 2.49. The van der Waals surface area contributed by atoms with Crippen molar-refractivity contribution in [1.82, 2.24) is 0 Å². The Morgan fingerprint density at radius 3 is 1.81 bits per heavy atom. The van der Waals surface area contributed by atoms with Crippen LogP contribution in [0.15, 0.2) is 0 Å². The van der Waals surface area contributed by atoms with Crippen LogP contribution < -0.4 is 0 Å². The van der Waals surface area contributed by atoms with Crippen molar-refractivity contribution in [3.63, 3.8) is 0 Å². The Kier molecular flexibility index (Phi) is 13.7. The SMILES string of the molecule is CCCCCCCCCCCSCB(O)O. The van der Waals surface area contributed by atoms with E-state index >= 15 is 0 Å². The number of unbranched alkanes of at least 4 members (excludes halogenated alkanes) is 8. The van der Waals surface area contributed by atoms with Crippen molar-refractivity contribution >= 4 is 18.9 Å². The molecule has 0 aliphatic carbocycles. The minimum absolute atomic E-state index is 0.455. The average molecular weight is 246 g/mol. The van der Waals surface area contributed by atoms with Crippen LogP contribution in [0.2, 0.25) is 0 Å². The van der Waals surface area contributed by atoms with Crippen LogP contribution >= 0.6 is 11.8 Å². The zero-order valence-corrected chi connectivity index (χ0v) is 11.5. The molecule has 2 nitrogen and oxygen atoms in total. The van der Waals surface area contributed by atoms with Gasteiger partial charge >= 0.3 is 7.12 Å². The van der Waals surface area contributed by atoms with E-state index in [0.717, 1.165) is 5.75 Å². The second-order valence-corrected chi connectivity index (χ2v) is 5.53. The molecule has 4 heteroatoms. The maximum atomic E-state index is 8.63. The quantitative estimate of drug-likeness (QED) is 0.410. The van der Waals surface area contributed by atoms with Gasteiger partial charge in [0.15, 0.2) is 0 Å². The van der Waals surface area contributed by atoms with Gasteiger partial charge in [-0.1, -0.05) is 58.3 Å². The lowest BCUT2D eigenvalue weighted by Crippen LogP contribution is -2.14. The summed E-state index contributed by atoms with van der Waals surface area (Å²) in [6, 6.07) is 0. The third-order valence-corrected chi connectivity index (χ3v) is 3.77. The monoisotopic (exact) mass is 246 g/mol. The third-order valence-electron chi connectivity index (χ3n) is 2.66. The van der Waals surface area contributed by atoms with E-state index in [1.165, 1.54) is 57.8 Å². The van der Waals surface area contributed by atoms with E-state index in [1.54, 1.807) is 11.8 Å². The van der Waals surface area contributed by atoms with Crippen molar-refractivity contribution in [3.8, 4) is 0 Å². The van der Waals surface area contributed by atoms with Gasteiger partial charge in [0.1, 0.15) is 0 Å². The highest BCUT2D eigenvalue weighted by molar-refractivity contribution is 8.00. The minimum atomic E-state index is -1.14. The molecule has 16 heavy (non-hydrogen) atoms. The van der Waals surface area contributed by atoms with Crippen LogP contribution in [0.3, 0.4) is 0 Å². The van der Waals surface area contributed by atoms with Crippen LogP contribution in [0.1, 0.15) is 64.7 Å². The lowest BCUT2D eigenvalue weighted by Gasteiger charge is -2.02. The standard InChI is InChI=1S/C12H27BO2S/c1-2-3-4-5-6-7-8-9-10-11-16-12-13(14)15/h14-15H,2-12H2,1H3. The fourth-order valence-electron chi connectivity index (χ4n) is 1.70. The molecule has 0 saturated heterocycles. The number of hydrogen-bond donors (Lipinski definition) is 2. The van der Waals surface area contributed by atoms with Crippen molar-refractivity contribution < 1.29 is 10.0 Å². The highest BCUT2D eigenvalue weighted by Crippen LogP contribution is 2.11. The topological polar surface area (TPSA) is 40.5 Å². The van der Waals surface area contributed by atoms with Crippen LogP contribution in [-0.4, -0.2) is 28.6 Å². The molecule has 0 unspecified atom stereocenters. The van der Waals surface area contributed by atoms with Gasteiger partial charge < -0.3 is 10.0 Å². The first-order chi connectivity index (χ1) is 7.77. The summed E-state index contributed by atoms with van der Waals surface area (Å²) in [6.07, 6.45) is 12.1. The molecule has 0 aromatic rings. The molecule has 2 N–H and O–H groups in total. The van der Waals surface area contributed by atoms with Crippen LogP contribution in [0.5, 0.6) is 0 Å². The Labute approximate surface area is 105 Å². The number of rotatable bonds is 12. The van der Waals surface area contributed by atoms with Gasteiger partial charge in [-0.05, 0) is 12.2 Å². The van der Waals surface area contributed by atoms with Gasteiger partial charge in [-0.25, -0.2) is 0 Å². The minimum Gasteiger partial charge on any atom is -0.427 e. The Bertz CT molecular complexity index is 134. The summed E-state index contributed by atoms with van der Waals surface area (Å²) >= 11 is 1.64. The largest absolute Gasteiger partial charge is 0.461 e. The van der Waals surface area contributed by atoms with E-state index in [0.29, 0.717) is 5.65 Å². The molecule has 0 aliphatic heterocycles. The first kappa shape index (κ1) is 16.3. The summed E-state index contributed by atoms with van der Waals surface area (Å²) in [4.78, 5) is 0. The van der Waals surface area contributed by atoms with Gasteiger partial charge in [-0.15, -0.1) is 0 Å². The van der Waals surface area contributed by atoms with E-state index in [1.807, 2.05) is 0 Å². The van der Waals surface area contributed by atoms with Gasteiger partial charge in [-0.2, -0.15) is 11.8 Å². The molecule has 0 bridgehead atoms. The lowest BCUT2D eigenvalue weighted by molar-refractivity contribution is 0.415. The maximum absolute atomic E-state index is 8.63. The molecule has 0 amide bonds. The van der Waals surface area contributed by atoms with Crippen molar-refractivity contribution in [2.24, 2.45) is 0 Å². The summed E-state index contributed by atoms with van der Waals surface area (Å²) in [5.74, 6) is 1.06. The lowest BCUT2D eigenvalue weighted by atomic mass is 9.98. The van der Waals surface area contributed by atoms with Crippen LogP contribution in [0.4, 0.5) is 0 Å². The molecule has 0 rings (SSSR count). The van der Waals surface area contributed by atoms with Gasteiger partial charge in [0, 0.05) is 5.65 Å². The number of hydrogen-bond acceptors (Lipinski definition) is 3. The van der Waals surface area contributed by atoms with Crippen LogP contribution in [0.25, 0.3) is 0 Å². The molecule has 0 aromatic carbocycles. The van der Waals surface area contributed by atoms with Crippen LogP contribution in [0, 0.1) is 0 Å². The molecule has 0 heterocycles. The van der Waals surface area contributed by atoms with Crippen molar-refractivity contribution in [2.75, 3.05) is 11.4 Å². The Morgan fingerprint density at radius 2 is 1.31 bits per heavy atom. The molecule has 0 fully saturated rings. The van der Waals surface area contributed by atoms with E-state index in [2.05, 4.69) is 6.92 Å². The van der Waals surface area contributed by atoms with Crippen molar-refractivity contribution in [3.05, 3.63) is 0 Å². The molecule has 0 aromatic heterocycles. The molecule has 0 radical (unpaired) electrons. The Hall–Kier alpha value is 0.335. The van der Waals surface area contributed by atoms with E-state index in [9.17, 15) is 0 Å². The highest BCUT2D eigenvalue weighted by atomic mass is 32.2. The predicted molar refractivity (Wildman–Crippen MR) is 74.7 cm³/mol. The molecule has 0 atom stereocenters. The summed E-state index contributed by atoms with van der Waals surface area (Å²) in [5, 5.41) is 17.3. The van der Waals surface area contributed by atoms with Crippen LogP contribution in [-0.2, 0) is 0 Å². The average Bonchev–Trinajstić information content (AvgIpc) is 2.25. The molecule has 96 valence electrons. The Balaban J connectivity index is 2.88. The van der Waals surface area contributed by atoms with Gasteiger partial charge in [0.2, 0.25) is 0 Å². The number of thioether (sulfide) groups is 1. The second-order valence-electron chi connectivity index (χ2n) is 4.38. The molecule has 0 spiro atoms. The van der Waals surface area contributed by atoms with E-state index < -0.39 is 7.12 Å². The Morgan fingerprint density at radius 1 is 0.812 bits per heavy atom. The van der Waals surface area contributed by atoms with Gasteiger partial charge in [-0.3, -0.25) is 0 Å². The molecule has 0 aliphatic rings.